The van der Waals surface area contributed by atoms with Crippen LogP contribution in [0.1, 0.15) is 18.1 Å². The number of hydrogen-bond donors (Lipinski definition) is 0. The van der Waals surface area contributed by atoms with E-state index < -0.39 is 5.97 Å². The Labute approximate surface area is 191 Å². The SMILES string of the molecule is CCOC(=O)/C=C(/c1cc(OC)cc(OC)c1)c1ccc2ncc(-c3cnn(C)c3)nc2c1. The first-order chi connectivity index (χ1) is 16.0. The summed E-state index contributed by atoms with van der Waals surface area (Å²) < 4.78 is 17.7. The predicted molar refractivity (Wildman–Crippen MR) is 125 cm³/mol. The van der Waals surface area contributed by atoms with Crippen molar-refractivity contribution in [2.45, 2.75) is 6.92 Å². The Bertz CT molecular complexity index is 1320. The van der Waals surface area contributed by atoms with E-state index >= 15 is 0 Å². The molecule has 4 rings (SSSR count). The van der Waals surface area contributed by atoms with E-state index in [1.165, 1.54) is 6.08 Å². The van der Waals surface area contributed by atoms with Gasteiger partial charge >= 0.3 is 5.97 Å². The van der Waals surface area contributed by atoms with E-state index in [-0.39, 0.29) is 6.61 Å². The van der Waals surface area contributed by atoms with Crippen molar-refractivity contribution in [1.29, 1.82) is 0 Å². The van der Waals surface area contributed by atoms with Crippen LogP contribution in [0.25, 0.3) is 27.9 Å². The van der Waals surface area contributed by atoms with E-state index in [0.29, 0.717) is 28.3 Å². The minimum atomic E-state index is -0.440. The summed E-state index contributed by atoms with van der Waals surface area (Å²) >= 11 is 0. The molecule has 2 aromatic carbocycles. The first-order valence-corrected chi connectivity index (χ1v) is 10.4. The van der Waals surface area contributed by atoms with Gasteiger partial charge in [0.25, 0.3) is 0 Å². The smallest absolute Gasteiger partial charge is 0.331 e. The third-order valence-corrected chi connectivity index (χ3v) is 5.07. The van der Waals surface area contributed by atoms with E-state index in [4.69, 9.17) is 19.2 Å². The van der Waals surface area contributed by atoms with Crippen LogP contribution in [0, 0.1) is 0 Å². The monoisotopic (exact) mass is 444 g/mol. The molecule has 0 fully saturated rings. The molecule has 168 valence electrons. The summed E-state index contributed by atoms with van der Waals surface area (Å²) in [6.45, 7) is 2.05. The Hall–Kier alpha value is -4.20. The lowest BCUT2D eigenvalue weighted by Crippen LogP contribution is -2.02. The molecule has 0 unspecified atom stereocenters. The standard InChI is InChI=1S/C25H24N4O4/c1-5-33-25(30)12-21(17-8-19(31-3)11-20(9-17)32-4)16-6-7-22-23(10-16)28-24(14-26-22)18-13-27-29(2)15-18/h6-15H,5H2,1-4H3/b21-12+. The summed E-state index contributed by atoms with van der Waals surface area (Å²) in [5, 5.41) is 4.21. The van der Waals surface area contributed by atoms with Crippen molar-refractivity contribution in [3.8, 4) is 22.8 Å². The molecule has 0 spiro atoms. The fraction of sp³-hybridized carbons (Fsp3) is 0.200. The van der Waals surface area contributed by atoms with E-state index in [2.05, 4.69) is 10.1 Å². The zero-order chi connectivity index (χ0) is 23.4. The highest BCUT2D eigenvalue weighted by Crippen LogP contribution is 2.32. The number of hydrogen-bond acceptors (Lipinski definition) is 7. The van der Waals surface area contributed by atoms with Crippen molar-refractivity contribution in [3.05, 3.63) is 72.2 Å². The Morgan fingerprint density at radius 2 is 1.76 bits per heavy atom. The Kier molecular flexibility index (Phi) is 6.35. The summed E-state index contributed by atoms with van der Waals surface area (Å²) in [6.07, 6.45) is 6.82. The topological polar surface area (TPSA) is 88.4 Å². The number of methoxy groups -OCH3 is 2. The van der Waals surface area contributed by atoms with Gasteiger partial charge in [0.15, 0.2) is 0 Å². The molecule has 0 aliphatic rings. The van der Waals surface area contributed by atoms with Crippen molar-refractivity contribution in [1.82, 2.24) is 19.7 Å². The third kappa shape index (κ3) is 4.85. The van der Waals surface area contributed by atoms with Crippen LogP contribution in [0.5, 0.6) is 11.5 Å². The molecule has 8 nitrogen and oxygen atoms in total. The quantitative estimate of drug-likeness (QED) is 0.314. The Morgan fingerprint density at radius 3 is 2.39 bits per heavy atom. The van der Waals surface area contributed by atoms with Crippen LogP contribution < -0.4 is 9.47 Å². The Balaban J connectivity index is 1.86. The van der Waals surface area contributed by atoms with Gasteiger partial charge in [0.1, 0.15) is 11.5 Å². The molecule has 0 N–H and O–H groups in total. The minimum absolute atomic E-state index is 0.279. The molecule has 8 heteroatoms. The maximum Gasteiger partial charge on any atom is 0.331 e. The molecule has 2 heterocycles. The molecule has 0 aliphatic heterocycles. The zero-order valence-electron chi connectivity index (χ0n) is 18.9. The van der Waals surface area contributed by atoms with Crippen molar-refractivity contribution in [3.63, 3.8) is 0 Å². The van der Waals surface area contributed by atoms with Crippen molar-refractivity contribution in [2.75, 3.05) is 20.8 Å². The fourth-order valence-electron chi connectivity index (χ4n) is 3.47. The van der Waals surface area contributed by atoms with Gasteiger partial charge in [-0.05, 0) is 47.9 Å². The van der Waals surface area contributed by atoms with Crippen LogP contribution >= 0.6 is 0 Å². The van der Waals surface area contributed by atoms with Crippen LogP contribution in [0.3, 0.4) is 0 Å². The first-order valence-electron chi connectivity index (χ1n) is 10.4. The lowest BCUT2D eigenvalue weighted by Gasteiger charge is -2.13. The lowest BCUT2D eigenvalue weighted by molar-refractivity contribution is -0.137. The second-order valence-corrected chi connectivity index (χ2v) is 7.27. The second-order valence-electron chi connectivity index (χ2n) is 7.27. The highest BCUT2D eigenvalue weighted by atomic mass is 16.5. The molecule has 0 amide bonds. The number of carbonyl (C=O) groups excluding carboxylic acids is 1. The molecular weight excluding hydrogens is 420 g/mol. The molecule has 0 aliphatic carbocycles. The van der Waals surface area contributed by atoms with Crippen molar-refractivity contribution in [2.24, 2.45) is 7.05 Å². The van der Waals surface area contributed by atoms with Crippen LogP contribution in [-0.2, 0) is 16.6 Å². The van der Waals surface area contributed by atoms with Gasteiger partial charge in [0.2, 0.25) is 0 Å². The first kappa shape index (κ1) is 22.0. The number of nitrogens with zero attached hydrogens (tertiary/aromatic N) is 4. The van der Waals surface area contributed by atoms with Gasteiger partial charge in [-0.1, -0.05) is 6.07 Å². The number of aromatic nitrogens is 4. The van der Waals surface area contributed by atoms with Crippen molar-refractivity contribution < 1.29 is 19.0 Å². The predicted octanol–water partition coefficient (Wildman–Crippen LogP) is 4.04. The van der Waals surface area contributed by atoms with Gasteiger partial charge in [0, 0.05) is 31.0 Å². The van der Waals surface area contributed by atoms with Crippen LogP contribution in [0.4, 0.5) is 0 Å². The maximum atomic E-state index is 12.4. The summed E-state index contributed by atoms with van der Waals surface area (Å²) in [4.78, 5) is 21.7. The molecule has 0 radical (unpaired) electrons. The lowest BCUT2D eigenvalue weighted by atomic mass is 9.96. The number of carbonyl (C=O) groups is 1. The molecular formula is C25H24N4O4. The number of benzene rings is 2. The fourth-order valence-corrected chi connectivity index (χ4v) is 3.47. The van der Waals surface area contributed by atoms with E-state index in [1.807, 2.05) is 43.6 Å². The number of rotatable bonds is 7. The van der Waals surface area contributed by atoms with E-state index in [9.17, 15) is 4.79 Å². The maximum absolute atomic E-state index is 12.4. The molecule has 4 aromatic rings. The van der Waals surface area contributed by atoms with E-state index in [1.54, 1.807) is 44.3 Å². The van der Waals surface area contributed by atoms with Gasteiger partial charge in [-0.15, -0.1) is 0 Å². The molecule has 0 saturated heterocycles. The van der Waals surface area contributed by atoms with Crippen LogP contribution in [0.2, 0.25) is 0 Å². The molecule has 0 atom stereocenters. The highest BCUT2D eigenvalue weighted by molar-refractivity contribution is 5.98. The van der Waals surface area contributed by atoms with Gasteiger partial charge in [0.05, 0.1) is 49.9 Å². The Morgan fingerprint density at radius 1 is 1.00 bits per heavy atom. The number of ether oxygens (including phenoxy) is 3. The summed E-state index contributed by atoms with van der Waals surface area (Å²) in [5.41, 5.74) is 5.20. The third-order valence-electron chi connectivity index (χ3n) is 5.07. The minimum Gasteiger partial charge on any atom is -0.497 e. The summed E-state index contributed by atoms with van der Waals surface area (Å²) in [5.74, 6) is 0.779. The zero-order valence-corrected chi connectivity index (χ0v) is 18.9. The summed E-state index contributed by atoms with van der Waals surface area (Å²) in [6, 6.07) is 11.1. The molecule has 0 saturated carbocycles. The average molecular weight is 444 g/mol. The van der Waals surface area contributed by atoms with Gasteiger partial charge < -0.3 is 14.2 Å². The average Bonchev–Trinajstić information content (AvgIpc) is 3.27. The number of aryl methyl sites for hydroxylation is 1. The van der Waals surface area contributed by atoms with Crippen LogP contribution in [0.15, 0.2) is 61.1 Å². The van der Waals surface area contributed by atoms with Gasteiger partial charge in [-0.3, -0.25) is 9.67 Å². The van der Waals surface area contributed by atoms with Crippen LogP contribution in [-0.4, -0.2) is 46.5 Å². The molecule has 2 aromatic heterocycles. The largest absolute Gasteiger partial charge is 0.497 e. The second kappa shape index (κ2) is 9.52. The van der Waals surface area contributed by atoms with Gasteiger partial charge in [-0.2, -0.15) is 5.10 Å². The normalized spacial score (nSPS) is 11.5. The number of fused-ring (bicyclic) bond motifs is 1. The van der Waals surface area contributed by atoms with Crippen molar-refractivity contribution >= 4 is 22.6 Å². The van der Waals surface area contributed by atoms with Gasteiger partial charge in [-0.25, -0.2) is 9.78 Å². The highest BCUT2D eigenvalue weighted by Gasteiger charge is 2.14. The molecule has 33 heavy (non-hydrogen) atoms. The van der Waals surface area contributed by atoms with E-state index in [0.717, 1.165) is 22.2 Å². The number of esters is 1. The molecule has 0 bridgehead atoms. The summed E-state index contributed by atoms with van der Waals surface area (Å²) in [7, 11) is 5.02.